The molecule has 28 N–H and O–H groups in total. The number of ether oxygens (including phenoxy) is 1. The van der Waals surface area contributed by atoms with Crippen LogP contribution in [0.1, 0.15) is 153 Å². The minimum absolute atomic E-state index is 0.0839. The van der Waals surface area contributed by atoms with Crippen LogP contribution in [0.5, 0.6) is 5.75 Å². The van der Waals surface area contributed by atoms with E-state index in [4.69, 9.17) is 39.1 Å². The van der Waals surface area contributed by atoms with Crippen LogP contribution in [0.4, 0.5) is 4.79 Å². The third-order valence-corrected chi connectivity index (χ3v) is 26.5. The number of aromatic amines is 1. The molecule has 2 heterocycles. The van der Waals surface area contributed by atoms with E-state index in [0.717, 1.165) is 51.9 Å². The molecule has 1 fully saturated rings. The molecule has 18 amide bonds. The number of aliphatic hydroxyl groups excluding tert-OH is 1. The number of carbonyl (C=O) groups is 17. The number of aryl methyl sites for hydroxylation is 2. The van der Waals surface area contributed by atoms with Gasteiger partial charge in [0.25, 0.3) is 0 Å². The Morgan fingerprint density at radius 3 is 1.76 bits per heavy atom. The number of para-hydroxylation sites is 1. The number of aromatic nitrogens is 1. The predicted molar refractivity (Wildman–Crippen MR) is 502 cm³/mol. The van der Waals surface area contributed by atoms with Crippen LogP contribution in [0, 0.1) is 13.8 Å². The molecule has 7 rings (SSSR count). The number of hydrogen-bond acceptors (Lipinski definition) is 23. The van der Waals surface area contributed by atoms with E-state index in [0.29, 0.717) is 44.3 Å². The molecular formula is C91H127N21O19S2. The Labute approximate surface area is 778 Å². The van der Waals surface area contributed by atoms with Gasteiger partial charge in [-0.1, -0.05) is 124 Å². The fourth-order valence-electron chi connectivity index (χ4n) is 14.8. The van der Waals surface area contributed by atoms with Crippen LogP contribution < -0.4 is 114 Å². The highest BCUT2D eigenvalue weighted by Gasteiger charge is 2.47. The molecule has 0 bridgehead atoms. The van der Waals surface area contributed by atoms with Gasteiger partial charge < -0.3 is 124 Å². The maximum atomic E-state index is 16.3. The van der Waals surface area contributed by atoms with E-state index in [9.17, 15) is 57.8 Å². The Bertz CT molecular complexity index is 5150. The summed E-state index contributed by atoms with van der Waals surface area (Å²) in [5.41, 5.74) is 36.7. The van der Waals surface area contributed by atoms with E-state index in [1.54, 1.807) is 91.1 Å². The first-order chi connectivity index (χ1) is 62.8. The van der Waals surface area contributed by atoms with Crippen LogP contribution in [-0.2, 0) is 102 Å². The van der Waals surface area contributed by atoms with Gasteiger partial charge in [0.1, 0.15) is 84.4 Å². The molecule has 42 heteroatoms. The number of nitrogens with one attached hydrogen (secondary N) is 15. The predicted octanol–water partition coefficient (Wildman–Crippen LogP) is -0.773. The summed E-state index contributed by atoms with van der Waals surface area (Å²) >= 11 is 0. The highest BCUT2D eigenvalue weighted by atomic mass is 33.1. The van der Waals surface area contributed by atoms with E-state index in [1.165, 1.54) is 41.5 Å². The van der Waals surface area contributed by atoms with Crippen molar-refractivity contribution < 1.29 is 91.4 Å². The zero-order valence-electron chi connectivity index (χ0n) is 76.4. The van der Waals surface area contributed by atoms with Gasteiger partial charge in [-0.3, -0.25) is 76.7 Å². The first-order valence-electron chi connectivity index (χ1n) is 43.8. The largest absolute Gasteiger partial charge is 0.492 e. The summed E-state index contributed by atoms with van der Waals surface area (Å²) in [6.45, 7) is 14.9. The SMILES string of the molecule is CC(=O)NCCCC[C@H](NC(=O)[C@](C)(CCCCN)NC(=O)[C@H](Cc1ccc2ccccc2c1)NC(=O)[C@H](Cc1ccc(OCCN)cc1)NC(=O)[C@H]1NC(=O)[C@H](CCCNC(N)=O)NC(=O)[C@H](Cc2c[nH]c3c(C)cccc23)NC(=O)[C@H]([C@@H](C)O)NC(=O)[C@H](CC(N)=O)NC(=O)[C@@H](NC(C)=O)C(C)(C)SSC1(C)C)C(=O)N[C@@H](CC(N)=O)C(=O)N[C@H](Cc1ccc(C)cc1)C(N)=O. The summed E-state index contributed by atoms with van der Waals surface area (Å²) in [6.07, 6.45) is -3.01. The third-order valence-electron chi connectivity index (χ3n) is 22.3. The number of benzene rings is 5. The van der Waals surface area contributed by atoms with E-state index in [2.05, 4.69) is 79.4 Å². The molecule has 0 saturated carbocycles. The molecule has 13 atom stereocenters. The number of carbonyl (C=O) groups excluding carboxylic acids is 17. The van der Waals surface area contributed by atoms with E-state index in [1.807, 2.05) is 38.1 Å². The van der Waals surface area contributed by atoms with Crippen LogP contribution in [0.15, 0.2) is 115 Å². The smallest absolute Gasteiger partial charge is 0.312 e. The fraction of sp³-hybridized carbons (Fsp3) is 0.484. The maximum absolute atomic E-state index is 16.3. The molecule has 40 nitrogen and oxygen atoms in total. The van der Waals surface area contributed by atoms with Gasteiger partial charge in [-0.15, -0.1) is 0 Å². The fourth-order valence-corrected chi connectivity index (χ4v) is 17.7. The number of unbranched alkanes of at least 4 members (excludes halogenated alkanes) is 2. The monoisotopic (exact) mass is 1880 g/mol. The number of primary amides is 4. The molecule has 1 aliphatic rings. The van der Waals surface area contributed by atoms with Crippen LogP contribution in [0.25, 0.3) is 21.7 Å². The molecule has 0 spiro atoms. The van der Waals surface area contributed by atoms with Crippen LogP contribution in [-0.4, -0.2) is 231 Å². The minimum atomic E-state index is -2.04. The lowest BCUT2D eigenvalue weighted by atomic mass is 9.91. The van der Waals surface area contributed by atoms with Gasteiger partial charge >= 0.3 is 6.03 Å². The molecule has 6 aromatic rings. The molecule has 1 aliphatic heterocycles. The van der Waals surface area contributed by atoms with E-state index >= 15 is 28.8 Å². The summed E-state index contributed by atoms with van der Waals surface area (Å²) in [5.74, 6) is -15.7. The lowest BCUT2D eigenvalue weighted by Crippen LogP contribution is -2.65. The molecular weight excluding hydrogens is 1760 g/mol. The molecule has 5 aromatic carbocycles. The molecule has 722 valence electrons. The first-order valence-corrected chi connectivity index (χ1v) is 46.0. The maximum Gasteiger partial charge on any atom is 0.312 e. The van der Waals surface area contributed by atoms with Gasteiger partial charge in [0.2, 0.25) is 94.5 Å². The topological polar surface area (TPSA) is 660 Å². The standard InChI is InChI=1S/C91H127N21O19S2/c1-49-25-27-54(28-26-49)42-64(76(96)118)103-81(123)68(46-70(94)116)105-77(119)63(23-13-16-38-98-52(4)114)109-87(129)91(10,35-14-15-36-92)112-83(125)66(44-56-29-32-57-20-11-12-21-58(57)41-56)104-79(121)65(43-55-30-33-60(34-31-55)131-40-37-93)107-86(128)75-90(8,9)133-132-89(6,7)74(101-53(5)115)85(127)108-69(47-71(95)117)82(124)110-73(51(3)113)84(126)106-67(45-59-48-100-72-50(2)19-17-22-61(59)72)80(122)102-62(78(120)111-75)24-18-39-99-88(97)130/h11-12,17,19-22,25-34,41,48,51,62-69,73-75,100,113H,13-16,18,23-24,35-40,42-47,92-93H2,1-10H3,(H2,94,116)(H2,95,117)(H2,96,118)(H,98,114)(H,101,115)(H,102,122)(H,103,123)(H,104,121)(H,105,119)(H,106,126)(H,107,128)(H,108,127)(H,109,129)(H,110,124)(H,111,120)(H,112,125)(H3,97,99,130)/t51-,62+,63+,64-,65+,66+,67+,68+,69+,73+,74-,75-,91+/m1/s1. The van der Waals surface area contributed by atoms with Gasteiger partial charge in [-0.2, -0.15) is 0 Å². The first kappa shape index (κ1) is 107. The summed E-state index contributed by atoms with van der Waals surface area (Å²) < 4.78 is 2.53. The summed E-state index contributed by atoms with van der Waals surface area (Å²) in [4.78, 5) is 248. The van der Waals surface area contributed by atoms with Crippen molar-refractivity contribution in [1.82, 2.24) is 79.4 Å². The Balaban J connectivity index is 1.36. The molecule has 0 radical (unpaired) electrons. The van der Waals surface area contributed by atoms with Crippen LogP contribution in [0.3, 0.4) is 0 Å². The van der Waals surface area contributed by atoms with Gasteiger partial charge in [0, 0.05) is 85.8 Å². The summed E-state index contributed by atoms with van der Waals surface area (Å²) in [7, 11) is 1.77. The lowest BCUT2D eigenvalue weighted by Gasteiger charge is -2.39. The van der Waals surface area contributed by atoms with E-state index in [-0.39, 0.29) is 109 Å². The number of rotatable bonds is 43. The van der Waals surface area contributed by atoms with Crippen molar-refractivity contribution in [2.24, 2.45) is 34.4 Å². The Kier molecular flexibility index (Phi) is 40.8. The molecule has 1 saturated heterocycles. The number of urea groups is 1. The molecule has 1 aromatic heterocycles. The van der Waals surface area contributed by atoms with Gasteiger partial charge in [-0.05, 0) is 164 Å². The van der Waals surface area contributed by atoms with Crippen molar-refractivity contribution in [2.75, 3.05) is 32.8 Å². The Morgan fingerprint density at radius 1 is 0.549 bits per heavy atom. The molecule has 133 heavy (non-hydrogen) atoms. The summed E-state index contributed by atoms with van der Waals surface area (Å²) in [5, 5.41) is 50.5. The minimum Gasteiger partial charge on any atom is -0.492 e. The lowest BCUT2D eigenvalue weighted by molar-refractivity contribution is -0.138. The zero-order valence-corrected chi connectivity index (χ0v) is 78.0. The quantitative estimate of drug-likeness (QED) is 0.0165. The number of H-pyrrole nitrogens is 1. The second kappa shape index (κ2) is 50.6. The number of nitrogens with two attached hydrogens (primary N) is 6. The average molecular weight is 1880 g/mol. The van der Waals surface area contributed by atoms with Crippen molar-refractivity contribution >= 4 is 144 Å². The third kappa shape index (κ3) is 33.4. The van der Waals surface area contributed by atoms with Crippen molar-refractivity contribution in [3.8, 4) is 5.75 Å². The number of aliphatic hydroxyl groups is 1. The van der Waals surface area contributed by atoms with Crippen molar-refractivity contribution in [1.29, 1.82) is 0 Å². The Morgan fingerprint density at radius 2 is 1.13 bits per heavy atom. The van der Waals surface area contributed by atoms with Gasteiger partial charge in [0.15, 0.2) is 0 Å². The Hall–Kier alpha value is -12.9. The van der Waals surface area contributed by atoms with Crippen molar-refractivity contribution in [3.05, 3.63) is 149 Å². The van der Waals surface area contributed by atoms with E-state index < -0.39 is 201 Å². The number of hydrogen-bond donors (Lipinski definition) is 22. The van der Waals surface area contributed by atoms with Crippen LogP contribution in [0.2, 0.25) is 0 Å². The number of fused-ring (bicyclic) bond motifs is 2. The summed E-state index contributed by atoms with van der Waals surface area (Å²) in [6, 6.07) is 11.3. The molecule has 0 unspecified atom stereocenters. The van der Waals surface area contributed by atoms with Gasteiger partial charge in [0.05, 0.1) is 18.9 Å². The van der Waals surface area contributed by atoms with Crippen molar-refractivity contribution in [2.45, 2.75) is 247 Å². The number of amides is 18. The second-order valence-electron chi connectivity index (χ2n) is 34.4. The van der Waals surface area contributed by atoms with Gasteiger partial charge in [-0.25, -0.2) is 4.79 Å². The normalized spacial score (nSPS) is 19.0. The average Bonchev–Trinajstić information content (AvgIpc) is 1.30. The molecule has 0 aliphatic carbocycles. The highest BCUT2D eigenvalue weighted by molar-refractivity contribution is 8.77. The van der Waals surface area contributed by atoms with Crippen molar-refractivity contribution in [3.63, 3.8) is 0 Å². The van der Waals surface area contributed by atoms with Crippen LogP contribution >= 0.6 is 21.6 Å². The highest BCUT2D eigenvalue weighted by Crippen LogP contribution is 2.47. The zero-order chi connectivity index (χ0) is 98.2. The second-order valence-corrected chi connectivity index (χ2v) is 37.9.